The van der Waals surface area contributed by atoms with E-state index in [0.29, 0.717) is 17.7 Å². The van der Waals surface area contributed by atoms with E-state index in [9.17, 15) is 0 Å². The number of aliphatic imine (C=N–C) groups is 1. The third-order valence-electron chi connectivity index (χ3n) is 3.83. The molecule has 0 saturated carbocycles. The number of thiophene rings is 1. The molecule has 0 aromatic carbocycles. The van der Waals surface area contributed by atoms with Crippen molar-refractivity contribution in [2.75, 3.05) is 20.1 Å². The number of aromatic nitrogens is 2. The smallest absolute Gasteiger partial charge is 0.226 e. The first kappa shape index (κ1) is 19.4. The monoisotopic (exact) mass is 363 g/mol. The van der Waals surface area contributed by atoms with Gasteiger partial charge in [0.2, 0.25) is 5.89 Å². The SMILES string of the molecule is CN=C(NCCCc1nc(C(C)C)no1)NCC(C)Cc1cccs1. The van der Waals surface area contributed by atoms with Gasteiger partial charge in [-0.1, -0.05) is 32.0 Å². The first-order chi connectivity index (χ1) is 12.1. The van der Waals surface area contributed by atoms with Crippen LogP contribution >= 0.6 is 11.3 Å². The summed E-state index contributed by atoms with van der Waals surface area (Å²) < 4.78 is 5.25. The molecule has 1 atom stereocenters. The molecule has 0 saturated heterocycles. The van der Waals surface area contributed by atoms with E-state index in [1.165, 1.54) is 4.88 Å². The molecule has 1 unspecified atom stereocenters. The third-order valence-corrected chi connectivity index (χ3v) is 4.73. The second-order valence-corrected chi connectivity index (χ2v) is 7.61. The van der Waals surface area contributed by atoms with Crippen LogP contribution in [0.4, 0.5) is 0 Å². The Morgan fingerprint density at radius 2 is 2.16 bits per heavy atom. The Morgan fingerprint density at radius 1 is 1.32 bits per heavy atom. The van der Waals surface area contributed by atoms with Crippen LogP contribution in [0.25, 0.3) is 0 Å². The van der Waals surface area contributed by atoms with Crippen LogP contribution in [0.15, 0.2) is 27.0 Å². The fourth-order valence-corrected chi connectivity index (χ4v) is 3.26. The van der Waals surface area contributed by atoms with Crippen LogP contribution < -0.4 is 10.6 Å². The first-order valence-corrected chi connectivity index (χ1v) is 9.75. The van der Waals surface area contributed by atoms with E-state index < -0.39 is 0 Å². The normalized spacial score (nSPS) is 13.2. The van der Waals surface area contributed by atoms with E-state index in [2.05, 4.69) is 64.1 Å². The van der Waals surface area contributed by atoms with E-state index in [0.717, 1.165) is 44.1 Å². The molecule has 0 bridgehead atoms. The number of rotatable bonds is 9. The Labute approximate surface area is 154 Å². The lowest BCUT2D eigenvalue weighted by molar-refractivity contribution is 0.368. The zero-order valence-electron chi connectivity index (χ0n) is 15.6. The zero-order valence-corrected chi connectivity index (χ0v) is 16.4. The molecule has 0 spiro atoms. The number of guanidine groups is 1. The summed E-state index contributed by atoms with van der Waals surface area (Å²) in [4.78, 5) is 10.1. The highest BCUT2D eigenvalue weighted by Crippen LogP contribution is 2.13. The molecule has 25 heavy (non-hydrogen) atoms. The van der Waals surface area contributed by atoms with Gasteiger partial charge in [0.25, 0.3) is 0 Å². The minimum Gasteiger partial charge on any atom is -0.356 e. The maximum absolute atomic E-state index is 5.25. The molecule has 6 nitrogen and oxygen atoms in total. The van der Waals surface area contributed by atoms with Gasteiger partial charge in [-0.25, -0.2) is 0 Å². The summed E-state index contributed by atoms with van der Waals surface area (Å²) in [5.74, 6) is 3.18. The molecular weight excluding hydrogens is 334 g/mol. The topological polar surface area (TPSA) is 75.3 Å². The number of hydrogen-bond acceptors (Lipinski definition) is 5. The van der Waals surface area contributed by atoms with Crippen molar-refractivity contribution in [2.45, 2.75) is 46.0 Å². The van der Waals surface area contributed by atoms with Gasteiger partial charge in [0.05, 0.1) is 0 Å². The highest BCUT2D eigenvalue weighted by molar-refractivity contribution is 7.09. The lowest BCUT2D eigenvalue weighted by Gasteiger charge is -2.15. The molecule has 0 aliphatic carbocycles. The summed E-state index contributed by atoms with van der Waals surface area (Å²) in [7, 11) is 1.80. The van der Waals surface area contributed by atoms with Crippen molar-refractivity contribution in [2.24, 2.45) is 10.9 Å². The first-order valence-electron chi connectivity index (χ1n) is 8.87. The molecule has 2 rings (SSSR count). The Bertz CT molecular complexity index is 636. The predicted molar refractivity (Wildman–Crippen MR) is 103 cm³/mol. The van der Waals surface area contributed by atoms with Crippen LogP contribution in [0.1, 0.15) is 49.7 Å². The van der Waals surface area contributed by atoms with Crippen LogP contribution in [-0.4, -0.2) is 36.2 Å². The number of hydrogen-bond donors (Lipinski definition) is 2. The highest BCUT2D eigenvalue weighted by atomic mass is 32.1. The largest absolute Gasteiger partial charge is 0.356 e. The van der Waals surface area contributed by atoms with Gasteiger partial charge in [0.1, 0.15) is 0 Å². The summed E-state index contributed by atoms with van der Waals surface area (Å²) in [6.45, 7) is 8.09. The van der Waals surface area contributed by atoms with Crippen LogP contribution in [0, 0.1) is 5.92 Å². The Balaban J connectivity index is 1.62. The van der Waals surface area contributed by atoms with Crippen LogP contribution in [0.5, 0.6) is 0 Å². The Morgan fingerprint density at radius 3 is 2.80 bits per heavy atom. The van der Waals surface area contributed by atoms with Crippen LogP contribution in [-0.2, 0) is 12.8 Å². The minimum absolute atomic E-state index is 0.301. The van der Waals surface area contributed by atoms with Crippen molar-refractivity contribution < 1.29 is 4.52 Å². The second-order valence-electron chi connectivity index (χ2n) is 6.57. The van der Waals surface area contributed by atoms with Crippen molar-refractivity contribution >= 4 is 17.3 Å². The van der Waals surface area contributed by atoms with Crippen molar-refractivity contribution in [1.29, 1.82) is 0 Å². The van der Waals surface area contributed by atoms with Crippen molar-refractivity contribution in [3.63, 3.8) is 0 Å². The van der Waals surface area contributed by atoms with Gasteiger partial charge in [-0.05, 0) is 30.2 Å². The standard InChI is InChI=1S/C18H29N5OS/c1-13(2)17-22-16(24-23-17)8-5-9-20-18(19-4)21-12-14(3)11-15-7-6-10-25-15/h6-7,10,13-14H,5,8-9,11-12H2,1-4H3,(H2,19,20,21). The van der Waals surface area contributed by atoms with E-state index in [4.69, 9.17) is 4.52 Å². The molecule has 2 N–H and O–H groups in total. The van der Waals surface area contributed by atoms with Crippen LogP contribution in [0.3, 0.4) is 0 Å². The fraction of sp³-hybridized carbons (Fsp3) is 0.611. The zero-order chi connectivity index (χ0) is 18.1. The van der Waals surface area contributed by atoms with Gasteiger partial charge in [-0.2, -0.15) is 4.98 Å². The number of aryl methyl sites for hydroxylation is 1. The molecule has 2 heterocycles. The molecule has 138 valence electrons. The van der Waals surface area contributed by atoms with E-state index in [-0.39, 0.29) is 0 Å². The molecule has 2 aromatic heterocycles. The third kappa shape index (κ3) is 6.86. The highest BCUT2D eigenvalue weighted by Gasteiger charge is 2.09. The van der Waals surface area contributed by atoms with Crippen molar-refractivity contribution in [3.8, 4) is 0 Å². The molecule has 0 radical (unpaired) electrons. The summed E-state index contributed by atoms with van der Waals surface area (Å²) in [6, 6.07) is 4.30. The van der Waals surface area contributed by atoms with E-state index in [1.54, 1.807) is 7.05 Å². The fourth-order valence-electron chi connectivity index (χ4n) is 2.39. The van der Waals surface area contributed by atoms with E-state index in [1.807, 2.05) is 11.3 Å². The lowest BCUT2D eigenvalue weighted by Crippen LogP contribution is -2.40. The summed E-state index contributed by atoms with van der Waals surface area (Å²) in [5, 5.41) is 12.8. The van der Waals surface area contributed by atoms with Crippen molar-refractivity contribution in [1.82, 2.24) is 20.8 Å². The minimum atomic E-state index is 0.301. The molecule has 0 fully saturated rings. The maximum atomic E-state index is 5.25. The Hall–Kier alpha value is -1.89. The van der Waals surface area contributed by atoms with Gasteiger partial charge in [-0.15, -0.1) is 11.3 Å². The maximum Gasteiger partial charge on any atom is 0.226 e. The molecular formula is C18H29N5OS. The summed E-state index contributed by atoms with van der Waals surface area (Å²) in [6.07, 6.45) is 2.79. The average molecular weight is 364 g/mol. The number of nitrogens with one attached hydrogen (secondary N) is 2. The van der Waals surface area contributed by atoms with Crippen molar-refractivity contribution in [3.05, 3.63) is 34.1 Å². The molecule has 2 aromatic rings. The Kier molecular flexibility index (Phi) is 7.91. The molecule has 0 aliphatic heterocycles. The molecule has 7 heteroatoms. The van der Waals surface area contributed by atoms with Gasteiger partial charge in [0, 0.05) is 37.4 Å². The molecule has 0 amide bonds. The predicted octanol–water partition coefficient (Wildman–Crippen LogP) is 3.23. The number of nitrogens with zero attached hydrogens (tertiary/aromatic N) is 3. The van der Waals surface area contributed by atoms with E-state index >= 15 is 0 Å². The summed E-state index contributed by atoms with van der Waals surface area (Å²) >= 11 is 1.82. The van der Waals surface area contributed by atoms with Crippen LogP contribution in [0.2, 0.25) is 0 Å². The van der Waals surface area contributed by atoms with Gasteiger partial charge in [-0.3, -0.25) is 4.99 Å². The molecule has 0 aliphatic rings. The second kappa shape index (κ2) is 10.2. The van der Waals surface area contributed by atoms with Gasteiger partial charge >= 0.3 is 0 Å². The average Bonchev–Trinajstić information content (AvgIpc) is 3.26. The lowest BCUT2D eigenvalue weighted by atomic mass is 10.1. The summed E-state index contributed by atoms with van der Waals surface area (Å²) in [5.41, 5.74) is 0. The van der Waals surface area contributed by atoms with Gasteiger partial charge in [0.15, 0.2) is 11.8 Å². The van der Waals surface area contributed by atoms with Gasteiger partial charge < -0.3 is 15.2 Å². The quantitative estimate of drug-likeness (QED) is 0.406.